The van der Waals surface area contributed by atoms with Crippen LogP contribution in [0.4, 0.5) is 22.3 Å². The molecule has 2 aromatic heterocycles. The lowest BCUT2D eigenvalue weighted by molar-refractivity contribution is 0.100. The number of aromatic nitrogens is 3. The molecular weight excluding hydrogens is 372 g/mol. The molecule has 0 radical (unpaired) electrons. The van der Waals surface area contributed by atoms with E-state index in [0.29, 0.717) is 16.9 Å². The van der Waals surface area contributed by atoms with Gasteiger partial charge < -0.3 is 16.4 Å². The van der Waals surface area contributed by atoms with Gasteiger partial charge in [0, 0.05) is 16.9 Å². The fourth-order valence-electron chi connectivity index (χ4n) is 2.87. The number of nitrogens with one attached hydrogen (secondary N) is 2. The quantitative estimate of drug-likeness (QED) is 0.469. The summed E-state index contributed by atoms with van der Waals surface area (Å²) in [6.07, 6.45) is 1.50. The van der Waals surface area contributed by atoms with E-state index in [9.17, 15) is 4.79 Å². The molecule has 4 N–H and O–H groups in total. The molecule has 0 saturated carbocycles. The van der Waals surface area contributed by atoms with E-state index < -0.39 is 5.91 Å². The summed E-state index contributed by atoms with van der Waals surface area (Å²) in [7, 11) is 0. The van der Waals surface area contributed by atoms with Crippen molar-refractivity contribution in [1.82, 2.24) is 15.0 Å². The van der Waals surface area contributed by atoms with Gasteiger partial charge in [0.2, 0.25) is 5.91 Å². The fourth-order valence-corrected chi connectivity index (χ4v) is 3.68. The zero-order valence-corrected chi connectivity index (χ0v) is 16.2. The molecule has 8 heteroatoms. The minimum absolute atomic E-state index is 0.451. The summed E-state index contributed by atoms with van der Waals surface area (Å²) in [6.45, 7) is 4.12. The van der Waals surface area contributed by atoms with E-state index in [2.05, 4.69) is 51.6 Å². The van der Waals surface area contributed by atoms with Crippen molar-refractivity contribution in [3.05, 3.63) is 65.5 Å². The molecule has 4 aromatic rings. The van der Waals surface area contributed by atoms with E-state index in [-0.39, 0.29) is 0 Å². The van der Waals surface area contributed by atoms with Gasteiger partial charge in [0.15, 0.2) is 15.8 Å². The normalized spacial score (nSPS) is 10.8. The van der Waals surface area contributed by atoms with Crippen molar-refractivity contribution in [2.75, 3.05) is 10.6 Å². The SMILES string of the molecule is Cc1cccc(C)c1Nc1nc2c(Nc3ccc(C(N)=O)cc3)ncnc2s1. The third-order valence-corrected chi connectivity index (χ3v) is 5.22. The number of hydrogen-bond acceptors (Lipinski definition) is 7. The zero-order chi connectivity index (χ0) is 19.7. The van der Waals surface area contributed by atoms with Crippen LogP contribution in [-0.2, 0) is 0 Å². The Morgan fingerprint density at radius 2 is 1.71 bits per heavy atom. The molecule has 2 aromatic carbocycles. The van der Waals surface area contributed by atoms with Crippen molar-refractivity contribution in [2.45, 2.75) is 13.8 Å². The summed E-state index contributed by atoms with van der Waals surface area (Å²) in [5.74, 6) is 0.139. The van der Waals surface area contributed by atoms with Crippen LogP contribution in [0.3, 0.4) is 0 Å². The minimum Gasteiger partial charge on any atom is -0.366 e. The molecule has 0 fully saturated rings. The first-order chi connectivity index (χ1) is 13.5. The maximum atomic E-state index is 11.2. The number of carbonyl (C=O) groups excluding carboxylic acids is 1. The number of thiazole rings is 1. The second-order valence-corrected chi connectivity index (χ2v) is 7.33. The number of primary amides is 1. The number of nitrogens with two attached hydrogens (primary N) is 1. The molecule has 0 aliphatic heterocycles. The lowest BCUT2D eigenvalue weighted by Gasteiger charge is -2.09. The van der Waals surface area contributed by atoms with Gasteiger partial charge in [0.05, 0.1) is 0 Å². The molecular formula is C20H18N6OS. The van der Waals surface area contributed by atoms with Gasteiger partial charge in [-0.3, -0.25) is 4.79 Å². The Balaban J connectivity index is 1.64. The second-order valence-electron chi connectivity index (χ2n) is 6.35. The van der Waals surface area contributed by atoms with Gasteiger partial charge in [-0.2, -0.15) is 0 Å². The smallest absolute Gasteiger partial charge is 0.248 e. The third kappa shape index (κ3) is 3.49. The monoisotopic (exact) mass is 390 g/mol. The summed E-state index contributed by atoms with van der Waals surface area (Å²) >= 11 is 1.47. The van der Waals surface area contributed by atoms with Gasteiger partial charge >= 0.3 is 0 Å². The molecule has 0 unspecified atom stereocenters. The zero-order valence-electron chi connectivity index (χ0n) is 15.4. The molecule has 0 aliphatic rings. The summed E-state index contributed by atoms with van der Waals surface area (Å²) in [4.78, 5) is 25.3. The summed E-state index contributed by atoms with van der Waals surface area (Å²) < 4.78 is 0. The predicted octanol–water partition coefficient (Wildman–Crippen LogP) is 4.29. The number of aryl methyl sites for hydroxylation is 2. The van der Waals surface area contributed by atoms with Crippen molar-refractivity contribution in [1.29, 1.82) is 0 Å². The molecule has 0 atom stereocenters. The van der Waals surface area contributed by atoms with Crippen LogP contribution in [0.15, 0.2) is 48.8 Å². The van der Waals surface area contributed by atoms with Gasteiger partial charge in [-0.1, -0.05) is 29.5 Å². The van der Waals surface area contributed by atoms with E-state index in [1.807, 2.05) is 6.07 Å². The third-order valence-electron chi connectivity index (χ3n) is 4.34. The Morgan fingerprint density at radius 1 is 1.00 bits per heavy atom. The van der Waals surface area contributed by atoms with Crippen molar-refractivity contribution in [3.63, 3.8) is 0 Å². The predicted molar refractivity (Wildman–Crippen MR) is 113 cm³/mol. The first kappa shape index (κ1) is 17.9. The molecule has 2 heterocycles. The lowest BCUT2D eigenvalue weighted by atomic mass is 10.1. The highest BCUT2D eigenvalue weighted by atomic mass is 32.1. The Kier molecular flexibility index (Phi) is 4.62. The Morgan fingerprint density at radius 3 is 2.39 bits per heavy atom. The van der Waals surface area contributed by atoms with Crippen LogP contribution in [0.2, 0.25) is 0 Å². The first-order valence-corrected chi connectivity index (χ1v) is 9.44. The number of nitrogens with zero attached hydrogens (tertiary/aromatic N) is 3. The van der Waals surface area contributed by atoms with Crippen LogP contribution < -0.4 is 16.4 Å². The molecule has 7 nitrogen and oxygen atoms in total. The Hall–Kier alpha value is -3.52. The van der Waals surface area contributed by atoms with Crippen LogP contribution in [-0.4, -0.2) is 20.9 Å². The number of hydrogen-bond donors (Lipinski definition) is 3. The minimum atomic E-state index is -0.460. The fraction of sp³-hybridized carbons (Fsp3) is 0.100. The second kappa shape index (κ2) is 7.24. The van der Waals surface area contributed by atoms with Gasteiger partial charge in [0.25, 0.3) is 0 Å². The average Bonchev–Trinajstić information content (AvgIpc) is 3.09. The number of amides is 1. The topological polar surface area (TPSA) is 106 Å². The number of rotatable bonds is 5. The van der Waals surface area contributed by atoms with Crippen LogP contribution in [0.1, 0.15) is 21.5 Å². The highest BCUT2D eigenvalue weighted by Gasteiger charge is 2.13. The molecule has 0 aliphatic carbocycles. The van der Waals surface area contributed by atoms with Crippen LogP contribution >= 0.6 is 11.3 Å². The van der Waals surface area contributed by atoms with Crippen LogP contribution in [0.5, 0.6) is 0 Å². The summed E-state index contributed by atoms with van der Waals surface area (Å²) in [5.41, 5.74) is 10.5. The van der Waals surface area contributed by atoms with Gasteiger partial charge in [-0.25, -0.2) is 15.0 Å². The summed E-state index contributed by atoms with van der Waals surface area (Å²) in [5, 5.41) is 7.38. The molecule has 0 spiro atoms. The number of fused-ring (bicyclic) bond motifs is 1. The Labute approximate surface area is 165 Å². The number of para-hydroxylation sites is 1. The standard InChI is InChI=1S/C20H18N6OS/c1-11-4-3-5-12(2)15(11)25-20-26-16-18(22-10-23-19(16)28-20)24-14-8-6-13(7-9-14)17(21)27/h3-10H,1-2H3,(H2,21,27)(H,25,26)(H,22,23,24). The van der Waals surface area contributed by atoms with Crippen LogP contribution in [0, 0.1) is 13.8 Å². The molecule has 0 bridgehead atoms. The first-order valence-electron chi connectivity index (χ1n) is 8.63. The van der Waals surface area contributed by atoms with E-state index in [1.54, 1.807) is 24.3 Å². The van der Waals surface area contributed by atoms with Gasteiger partial charge in [-0.15, -0.1) is 0 Å². The Bertz CT molecular complexity index is 1150. The van der Waals surface area contributed by atoms with Crippen molar-refractivity contribution in [3.8, 4) is 0 Å². The lowest BCUT2D eigenvalue weighted by Crippen LogP contribution is -2.10. The van der Waals surface area contributed by atoms with E-state index in [1.165, 1.54) is 17.7 Å². The molecule has 4 rings (SSSR count). The van der Waals surface area contributed by atoms with E-state index >= 15 is 0 Å². The van der Waals surface area contributed by atoms with Crippen LogP contribution in [0.25, 0.3) is 10.3 Å². The largest absolute Gasteiger partial charge is 0.366 e. The molecule has 1 amide bonds. The van der Waals surface area contributed by atoms with E-state index in [0.717, 1.165) is 32.5 Å². The summed E-state index contributed by atoms with van der Waals surface area (Å²) in [6, 6.07) is 13.0. The maximum Gasteiger partial charge on any atom is 0.248 e. The highest BCUT2D eigenvalue weighted by Crippen LogP contribution is 2.32. The van der Waals surface area contributed by atoms with E-state index in [4.69, 9.17) is 5.73 Å². The number of carbonyl (C=O) groups is 1. The van der Waals surface area contributed by atoms with Crippen molar-refractivity contribution >= 4 is 49.9 Å². The average molecular weight is 390 g/mol. The van der Waals surface area contributed by atoms with Crippen molar-refractivity contribution < 1.29 is 4.79 Å². The molecule has 28 heavy (non-hydrogen) atoms. The van der Waals surface area contributed by atoms with Gasteiger partial charge in [-0.05, 0) is 49.2 Å². The molecule has 0 saturated heterocycles. The van der Waals surface area contributed by atoms with Gasteiger partial charge in [0.1, 0.15) is 11.8 Å². The molecule has 140 valence electrons. The number of anilines is 4. The maximum absolute atomic E-state index is 11.2. The van der Waals surface area contributed by atoms with Crippen molar-refractivity contribution in [2.24, 2.45) is 5.73 Å². The number of benzene rings is 2. The highest BCUT2D eigenvalue weighted by molar-refractivity contribution is 7.21.